The molecule has 1 saturated heterocycles. The number of imide groups is 1. The van der Waals surface area contributed by atoms with Gasteiger partial charge < -0.3 is 10.1 Å². The first-order chi connectivity index (χ1) is 15.9. The second-order valence-corrected chi connectivity index (χ2v) is 8.80. The Bertz CT molecular complexity index is 1160. The van der Waals surface area contributed by atoms with Crippen LogP contribution in [0.2, 0.25) is 0 Å². The van der Waals surface area contributed by atoms with E-state index in [1.54, 1.807) is 38.3 Å². The molecule has 3 aromatic rings. The Hall–Kier alpha value is -3.78. The standard InChI is InChI=1S/C25H23N3O4S/c1-25(18-13-15-19(32-2)16-14-18)23(30)28(24(31)26-25)27-22(29)21(17-9-5-3-6-10-17)33-20-11-7-4-8-12-20/h3-16,21H,1-2H3,(H,26,31)(H,27,29)/t21-,25+/m0/s1. The van der Waals surface area contributed by atoms with Crippen molar-refractivity contribution < 1.29 is 19.1 Å². The number of methoxy groups -OCH3 is 1. The summed E-state index contributed by atoms with van der Waals surface area (Å²) in [6.45, 7) is 1.61. The summed E-state index contributed by atoms with van der Waals surface area (Å²) in [4.78, 5) is 40.1. The smallest absolute Gasteiger partial charge is 0.344 e. The third kappa shape index (κ3) is 4.56. The molecule has 0 bridgehead atoms. The van der Waals surface area contributed by atoms with E-state index in [1.807, 2.05) is 60.7 Å². The molecule has 0 aromatic heterocycles. The maximum absolute atomic E-state index is 13.3. The van der Waals surface area contributed by atoms with Gasteiger partial charge in [-0.3, -0.25) is 15.0 Å². The fraction of sp³-hybridized carbons (Fsp3) is 0.160. The third-order valence-corrected chi connectivity index (χ3v) is 6.68. The minimum atomic E-state index is -1.31. The lowest BCUT2D eigenvalue weighted by Crippen LogP contribution is -2.49. The van der Waals surface area contributed by atoms with Gasteiger partial charge in [0.15, 0.2) is 0 Å². The van der Waals surface area contributed by atoms with Crippen molar-refractivity contribution in [2.24, 2.45) is 0 Å². The highest BCUT2D eigenvalue weighted by molar-refractivity contribution is 8.00. The van der Waals surface area contributed by atoms with E-state index < -0.39 is 28.6 Å². The van der Waals surface area contributed by atoms with E-state index >= 15 is 0 Å². The largest absolute Gasteiger partial charge is 0.497 e. The number of hydrogen-bond donors (Lipinski definition) is 2. The quantitative estimate of drug-likeness (QED) is 0.410. The number of nitrogens with zero attached hydrogens (tertiary/aromatic N) is 1. The molecule has 1 aliphatic heterocycles. The molecule has 0 aliphatic carbocycles. The predicted molar refractivity (Wildman–Crippen MR) is 125 cm³/mol. The Morgan fingerprint density at radius 3 is 2.18 bits per heavy atom. The van der Waals surface area contributed by atoms with Crippen molar-refractivity contribution in [3.63, 3.8) is 0 Å². The number of rotatable bonds is 7. The zero-order valence-electron chi connectivity index (χ0n) is 18.1. The van der Waals surface area contributed by atoms with Crippen LogP contribution in [0.25, 0.3) is 0 Å². The second-order valence-electron chi connectivity index (χ2n) is 7.62. The molecule has 2 N–H and O–H groups in total. The SMILES string of the molecule is COc1ccc([C@@]2(C)NC(=O)N(NC(=O)[C@@H](Sc3ccccc3)c3ccccc3)C2=O)cc1. The van der Waals surface area contributed by atoms with E-state index in [4.69, 9.17) is 4.74 Å². The maximum atomic E-state index is 13.3. The van der Waals surface area contributed by atoms with E-state index in [1.165, 1.54) is 11.8 Å². The monoisotopic (exact) mass is 461 g/mol. The minimum absolute atomic E-state index is 0.475. The van der Waals surface area contributed by atoms with E-state index in [0.29, 0.717) is 11.3 Å². The van der Waals surface area contributed by atoms with Crippen LogP contribution in [0.4, 0.5) is 4.79 Å². The molecular formula is C25H23N3O4S. The summed E-state index contributed by atoms with van der Waals surface area (Å²) in [5.74, 6) is -0.409. The van der Waals surface area contributed by atoms with Crippen molar-refractivity contribution in [1.29, 1.82) is 0 Å². The van der Waals surface area contributed by atoms with Gasteiger partial charge in [0.25, 0.3) is 11.8 Å². The number of nitrogens with one attached hydrogen (secondary N) is 2. The topological polar surface area (TPSA) is 87.7 Å². The lowest BCUT2D eigenvalue weighted by atomic mass is 9.92. The molecule has 1 fully saturated rings. The van der Waals surface area contributed by atoms with Gasteiger partial charge in [0, 0.05) is 4.90 Å². The molecule has 2 atom stereocenters. The zero-order chi connectivity index (χ0) is 23.4. The molecule has 3 aromatic carbocycles. The normalized spacial score (nSPS) is 18.5. The molecule has 1 aliphatic rings. The summed E-state index contributed by atoms with van der Waals surface area (Å²) in [5, 5.41) is 2.79. The summed E-state index contributed by atoms with van der Waals surface area (Å²) in [6.07, 6.45) is 0. The molecule has 33 heavy (non-hydrogen) atoms. The van der Waals surface area contributed by atoms with Crippen molar-refractivity contribution in [2.75, 3.05) is 7.11 Å². The summed E-state index contributed by atoms with van der Waals surface area (Å²) in [5.41, 5.74) is 2.56. The molecule has 4 amide bonds. The van der Waals surface area contributed by atoms with Crippen molar-refractivity contribution >= 4 is 29.6 Å². The first-order valence-electron chi connectivity index (χ1n) is 10.3. The number of carbonyl (C=O) groups excluding carboxylic acids is 3. The molecule has 0 unspecified atom stereocenters. The summed E-state index contributed by atoms with van der Waals surface area (Å²) >= 11 is 1.34. The van der Waals surface area contributed by atoms with Crippen molar-refractivity contribution in [2.45, 2.75) is 22.6 Å². The lowest BCUT2D eigenvalue weighted by Gasteiger charge is -2.23. The molecule has 0 radical (unpaired) electrons. The van der Waals surface area contributed by atoms with E-state index in [0.717, 1.165) is 15.5 Å². The Balaban J connectivity index is 1.57. The molecule has 7 nitrogen and oxygen atoms in total. The molecule has 168 valence electrons. The average molecular weight is 462 g/mol. The Labute approximate surface area is 196 Å². The van der Waals surface area contributed by atoms with E-state index in [-0.39, 0.29) is 0 Å². The van der Waals surface area contributed by atoms with Crippen LogP contribution in [-0.4, -0.2) is 30.0 Å². The van der Waals surface area contributed by atoms with Gasteiger partial charge in [-0.15, -0.1) is 11.8 Å². The molecular weight excluding hydrogens is 438 g/mol. The summed E-state index contributed by atoms with van der Waals surface area (Å²) in [7, 11) is 1.55. The number of benzene rings is 3. The van der Waals surface area contributed by atoms with Crippen LogP contribution in [-0.2, 0) is 15.1 Å². The second kappa shape index (κ2) is 9.38. The number of hydrogen-bond acceptors (Lipinski definition) is 5. The molecule has 1 heterocycles. The van der Waals surface area contributed by atoms with Crippen LogP contribution < -0.4 is 15.5 Å². The van der Waals surface area contributed by atoms with Crippen LogP contribution in [0.1, 0.15) is 23.3 Å². The maximum Gasteiger partial charge on any atom is 0.344 e. The number of hydrazine groups is 1. The van der Waals surface area contributed by atoms with E-state index in [9.17, 15) is 14.4 Å². The number of amides is 4. The average Bonchev–Trinajstić information content (AvgIpc) is 3.07. The molecule has 8 heteroatoms. The van der Waals surface area contributed by atoms with Gasteiger partial charge in [-0.25, -0.2) is 4.79 Å². The first kappa shape index (κ1) is 22.4. The van der Waals surface area contributed by atoms with Crippen LogP contribution in [0.15, 0.2) is 89.8 Å². The molecule has 0 saturated carbocycles. The van der Waals surface area contributed by atoms with Crippen molar-refractivity contribution in [3.05, 3.63) is 96.1 Å². The van der Waals surface area contributed by atoms with Gasteiger partial charge in [0.2, 0.25) is 0 Å². The number of urea groups is 1. The summed E-state index contributed by atoms with van der Waals surface area (Å²) < 4.78 is 5.16. The summed E-state index contributed by atoms with van der Waals surface area (Å²) in [6, 6.07) is 24.9. The predicted octanol–water partition coefficient (Wildman–Crippen LogP) is 4.03. The third-order valence-electron chi connectivity index (χ3n) is 5.42. The Kier molecular flexibility index (Phi) is 6.37. The zero-order valence-corrected chi connectivity index (χ0v) is 19.0. The van der Waals surface area contributed by atoms with Gasteiger partial charge in [0.1, 0.15) is 16.5 Å². The lowest BCUT2D eigenvalue weighted by molar-refractivity contribution is -0.138. The van der Waals surface area contributed by atoms with Crippen LogP contribution >= 0.6 is 11.8 Å². The Morgan fingerprint density at radius 2 is 1.58 bits per heavy atom. The van der Waals surface area contributed by atoms with Crippen molar-refractivity contribution in [3.8, 4) is 5.75 Å². The first-order valence-corrected chi connectivity index (χ1v) is 11.2. The highest BCUT2D eigenvalue weighted by atomic mass is 32.2. The fourth-order valence-electron chi connectivity index (χ4n) is 3.57. The Morgan fingerprint density at radius 1 is 0.970 bits per heavy atom. The van der Waals surface area contributed by atoms with E-state index in [2.05, 4.69) is 10.7 Å². The van der Waals surface area contributed by atoms with Crippen LogP contribution in [0.3, 0.4) is 0 Å². The number of ether oxygens (including phenoxy) is 1. The van der Waals surface area contributed by atoms with Gasteiger partial charge in [-0.05, 0) is 42.3 Å². The molecule has 0 spiro atoms. The number of carbonyl (C=O) groups is 3. The van der Waals surface area contributed by atoms with Gasteiger partial charge in [-0.2, -0.15) is 5.01 Å². The van der Waals surface area contributed by atoms with Crippen LogP contribution in [0.5, 0.6) is 5.75 Å². The fourth-order valence-corrected chi connectivity index (χ4v) is 4.60. The number of thioether (sulfide) groups is 1. The van der Waals surface area contributed by atoms with Crippen molar-refractivity contribution in [1.82, 2.24) is 15.8 Å². The highest BCUT2D eigenvalue weighted by Gasteiger charge is 2.50. The van der Waals surface area contributed by atoms with Gasteiger partial charge in [-0.1, -0.05) is 60.7 Å². The highest BCUT2D eigenvalue weighted by Crippen LogP contribution is 2.36. The molecule has 4 rings (SSSR count). The van der Waals surface area contributed by atoms with Crippen LogP contribution in [0, 0.1) is 0 Å². The minimum Gasteiger partial charge on any atom is -0.497 e. The van der Waals surface area contributed by atoms with Gasteiger partial charge >= 0.3 is 6.03 Å². The van der Waals surface area contributed by atoms with Gasteiger partial charge in [0.05, 0.1) is 7.11 Å².